The predicted octanol–water partition coefficient (Wildman–Crippen LogP) is 1.87. The maximum Gasteiger partial charge on any atom is 0.0107 e. The lowest BCUT2D eigenvalue weighted by molar-refractivity contribution is 0.269. The van der Waals surface area contributed by atoms with Crippen LogP contribution in [0.15, 0.2) is 0 Å². The first kappa shape index (κ1) is 23.8. The van der Waals surface area contributed by atoms with Gasteiger partial charge in [-0.05, 0) is 97.3 Å². The monoisotopic (exact) mass is 343 g/mol. The number of unbranched alkanes of at least 4 members (excludes halogenated alkanes) is 2. The number of nitrogens with two attached hydrogens (primary N) is 2. The molecule has 1 saturated heterocycles. The topological polar surface area (TPSA) is 70.5 Å². The van der Waals surface area contributed by atoms with Crippen LogP contribution < -0.4 is 16.8 Å². The van der Waals surface area contributed by atoms with Crippen molar-refractivity contribution in [2.24, 2.45) is 11.5 Å². The maximum absolute atomic E-state index is 5.44. The van der Waals surface area contributed by atoms with E-state index in [1.165, 1.54) is 90.8 Å². The molecule has 1 rings (SSSR count). The Morgan fingerprint density at radius 1 is 0.833 bits per heavy atom. The van der Waals surface area contributed by atoms with E-state index >= 15 is 0 Å². The summed E-state index contributed by atoms with van der Waals surface area (Å²) in [6, 6.07) is 0. The molecule has 1 aliphatic heterocycles. The van der Waals surface area contributed by atoms with Crippen molar-refractivity contribution >= 4 is 0 Å². The molecule has 5 N–H and O–H groups in total. The molecule has 0 aliphatic carbocycles. The third-order valence-corrected chi connectivity index (χ3v) is 4.37. The zero-order chi connectivity index (χ0) is 17.9. The van der Waals surface area contributed by atoms with Crippen LogP contribution in [0.25, 0.3) is 0 Å². The van der Waals surface area contributed by atoms with E-state index in [9.17, 15) is 0 Å². The molecule has 0 aromatic heterocycles. The van der Waals surface area contributed by atoms with Gasteiger partial charge in [0.1, 0.15) is 0 Å². The lowest BCUT2D eigenvalue weighted by Crippen LogP contribution is -2.29. The van der Waals surface area contributed by atoms with Crippen LogP contribution in [0.2, 0.25) is 0 Å². The molecule has 1 heterocycles. The third kappa shape index (κ3) is 15.3. The van der Waals surface area contributed by atoms with Crippen LogP contribution in [-0.2, 0) is 0 Å². The van der Waals surface area contributed by atoms with Crippen molar-refractivity contribution in [1.82, 2.24) is 15.1 Å². The SMILES string of the molecule is CCCN(CCC)CCCCN.NCCCCN1CCCNCC1. The predicted molar refractivity (Wildman–Crippen MR) is 108 cm³/mol. The molecule has 0 saturated carbocycles. The molecule has 5 heteroatoms. The first-order valence-electron chi connectivity index (χ1n) is 10.3. The van der Waals surface area contributed by atoms with E-state index in [-0.39, 0.29) is 0 Å². The molecule has 0 spiro atoms. The zero-order valence-corrected chi connectivity index (χ0v) is 16.6. The molecule has 0 aromatic rings. The van der Waals surface area contributed by atoms with Gasteiger partial charge in [0.25, 0.3) is 0 Å². The molecule has 146 valence electrons. The molecule has 0 unspecified atom stereocenters. The fourth-order valence-corrected chi connectivity index (χ4v) is 3.05. The Kier molecular flexibility index (Phi) is 19.0. The summed E-state index contributed by atoms with van der Waals surface area (Å²) in [5.74, 6) is 0. The van der Waals surface area contributed by atoms with Crippen LogP contribution in [0.5, 0.6) is 0 Å². The zero-order valence-electron chi connectivity index (χ0n) is 16.6. The number of hydrogen-bond acceptors (Lipinski definition) is 5. The van der Waals surface area contributed by atoms with Gasteiger partial charge in [-0.15, -0.1) is 0 Å². The minimum atomic E-state index is 0.839. The van der Waals surface area contributed by atoms with Crippen LogP contribution >= 0.6 is 0 Å². The van der Waals surface area contributed by atoms with Crippen LogP contribution in [0.3, 0.4) is 0 Å². The van der Waals surface area contributed by atoms with E-state index in [1.54, 1.807) is 0 Å². The quantitative estimate of drug-likeness (QED) is 0.472. The first-order chi connectivity index (χ1) is 11.8. The fraction of sp³-hybridized carbons (Fsp3) is 1.00. The van der Waals surface area contributed by atoms with E-state index in [1.807, 2.05) is 0 Å². The second-order valence-electron chi connectivity index (χ2n) is 6.78. The van der Waals surface area contributed by atoms with Gasteiger partial charge < -0.3 is 26.6 Å². The van der Waals surface area contributed by atoms with Gasteiger partial charge in [-0.1, -0.05) is 13.8 Å². The average molecular weight is 344 g/mol. The van der Waals surface area contributed by atoms with E-state index in [4.69, 9.17) is 11.5 Å². The second-order valence-corrected chi connectivity index (χ2v) is 6.78. The van der Waals surface area contributed by atoms with Crippen molar-refractivity contribution in [3.05, 3.63) is 0 Å². The Labute approximate surface area is 151 Å². The normalized spacial score (nSPS) is 15.9. The second kappa shape index (κ2) is 19.1. The minimum absolute atomic E-state index is 0.839. The standard InChI is InChI=1S/C10H24N2.C9H21N3/c1-3-8-12(9-4-2)10-6-5-7-11;10-4-1-2-7-12-8-3-5-11-6-9-12/h3-11H2,1-2H3;11H,1-10H2. The molecule has 5 nitrogen and oxygen atoms in total. The molecule has 1 fully saturated rings. The molecule has 24 heavy (non-hydrogen) atoms. The molecule has 0 bridgehead atoms. The van der Waals surface area contributed by atoms with Gasteiger partial charge in [-0.3, -0.25) is 0 Å². The summed E-state index contributed by atoms with van der Waals surface area (Å²) < 4.78 is 0. The lowest BCUT2D eigenvalue weighted by Gasteiger charge is -2.20. The molecule has 0 atom stereocenters. The van der Waals surface area contributed by atoms with Crippen molar-refractivity contribution < 1.29 is 0 Å². The van der Waals surface area contributed by atoms with E-state index in [2.05, 4.69) is 29.0 Å². The number of rotatable bonds is 12. The van der Waals surface area contributed by atoms with Crippen molar-refractivity contribution in [1.29, 1.82) is 0 Å². The highest BCUT2D eigenvalue weighted by molar-refractivity contribution is 4.65. The molecular weight excluding hydrogens is 298 g/mol. The van der Waals surface area contributed by atoms with Crippen molar-refractivity contribution in [2.75, 3.05) is 65.4 Å². The highest BCUT2D eigenvalue weighted by atomic mass is 15.1. The molecule has 0 aromatic carbocycles. The highest BCUT2D eigenvalue weighted by Gasteiger charge is 2.06. The fourth-order valence-electron chi connectivity index (χ4n) is 3.05. The first-order valence-corrected chi connectivity index (χ1v) is 10.3. The Balaban J connectivity index is 0.000000441. The Bertz CT molecular complexity index is 216. The number of hydrogen-bond donors (Lipinski definition) is 3. The number of nitrogens with zero attached hydrogens (tertiary/aromatic N) is 2. The number of nitrogens with one attached hydrogen (secondary N) is 1. The molecule has 0 radical (unpaired) electrons. The third-order valence-electron chi connectivity index (χ3n) is 4.37. The Hall–Kier alpha value is -0.200. The largest absolute Gasteiger partial charge is 0.330 e. The van der Waals surface area contributed by atoms with Crippen molar-refractivity contribution in [2.45, 2.75) is 58.8 Å². The molecule has 0 amide bonds. The van der Waals surface area contributed by atoms with Gasteiger partial charge in [0.2, 0.25) is 0 Å². The van der Waals surface area contributed by atoms with E-state index in [0.717, 1.165) is 19.6 Å². The van der Waals surface area contributed by atoms with E-state index < -0.39 is 0 Å². The minimum Gasteiger partial charge on any atom is -0.330 e. The summed E-state index contributed by atoms with van der Waals surface area (Å²) in [6.45, 7) is 15.9. The lowest BCUT2D eigenvalue weighted by atomic mass is 10.2. The molecule has 1 aliphatic rings. The summed E-state index contributed by atoms with van der Waals surface area (Å²) in [5, 5.41) is 3.40. The van der Waals surface area contributed by atoms with E-state index in [0.29, 0.717) is 0 Å². The maximum atomic E-state index is 5.44. The highest BCUT2D eigenvalue weighted by Crippen LogP contribution is 1.98. The average Bonchev–Trinajstić information content (AvgIpc) is 2.85. The summed E-state index contributed by atoms with van der Waals surface area (Å²) in [4.78, 5) is 5.07. The summed E-state index contributed by atoms with van der Waals surface area (Å²) in [5.41, 5.74) is 10.9. The summed E-state index contributed by atoms with van der Waals surface area (Å²) in [6.07, 6.45) is 8.69. The Morgan fingerprint density at radius 3 is 2.12 bits per heavy atom. The van der Waals surface area contributed by atoms with Crippen LogP contribution in [-0.4, -0.2) is 75.2 Å². The molecular formula is C19H45N5. The van der Waals surface area contributed by atoms with Gasteiger partial charge in [0, 0.05) is 13.1 Å². The van der Waals surface area contributed by atoms with Gasteiger partial charge in [0.15, 0.2) is 0 Å². The van der Waals surface area contributed by atoms with Gasteiger partial charge in [-0.25, -0.2) is 0 Å². The van der Waals surface area contributed by atoms with Crippen LogP contribution in [0, 0.1) is 0 Å². The van der Waals surface area contributed by atoms with Gasteiger partial charge in [0.05, 0.1) is 0 Å². The summed E-state index contributed by atoms with van der Waals surface area (Å²) >= 11 is 0. The van der Waals surface area contributed by atoms with Gasteiger partial charge >= 0.3 is 0 Å². The van der Waals surface area contributed by atoms with Crippen molar-refractivity contribution in [3.8, 4) is 0 Å². The van der Waals surface area contributed by atoms with Crippen LogP contribution in [0.1, 0.15) is 58.8 Å². The summed E-state index contributed by atoms with van der Waals surface area (Å²) in [7, 11) is 0. The van der Waals surface area contributed by atoms with Crippen LogP contribution in [0.4, 0.5) is 0 Å². The smallest absolute Gasteiger partial charge is 0.0107 e. The Morgan fingerprint density at radius 2 is 1.50 bits per heavy atom. The van der Waals surface area contributed by atoms with Gasteiger partial charge in [-0.2, -0.15) is 0 Å². The van der Waals surface area contributed by atoms with Crippen molar-refractivity contribution in [3.63, 3.8) is 0 Å².